The van der Waals surface area contributed by atoms with Crippen LogP contribution in [0.1, 0.15) is 10.6 Å². The van der Waals surface area contributed by atoms with Crippen molar-refractivity contribution >= 4 is 5.97 Å². The highest BCUT2D eigenvalue weighted by molar-refractivity contribution is 5.86. The van der Waals surface area contributed by atoms with Crippen molar-refractivity contribution in [3.05, 3.63) is 36.1 Å². The van der Waals surface area contributed by atoms with Crippen molar-refractivity contribution in [2.24, 2.45) is 0 Å². The van der Waals surface area contributed by atoms with Gasteiger partial charge >= 0.3 is 12.6 Å². The quantitative estimate of drug-likeness (QED) is 0.909. The highest BCUT2D eigenvalue weighted by atomic mass is 19.3. The van der Waals surface area contributed by atoms with Gasteiger partial charge in [-0.05, 0) is 12.1 Å². The average molecular weight is 255 g/mol. The fraction of sp³-hybridized carbons (Fsp3) is 0.0909. The molecule has 0 aliphatic heterocycles. The van der Waals surface area contributed by atoms with Gasteiger partial charge in [0.05, 0.1) is 0 Å². The van der Waals surface area contributed by atoms with Gasteiger partial charge in [-0.3, -0.25) is 0 Å². The van der Waals surface area contributed by atoms with E-state index in [9.17, 15) is 13.6 Å². The Balaban J connectivity index is 2.39. The molecule has 2 rings (SSSR count). The molecule has 0 saturated carbocycles. The first kappa shape index (κ1) is 12.0. The largest absolute Gasteiger partial charge is 0.475 e. The summed E-state index contributed by atoms with van der Waals surface area (Å²) in [5.41, 5.74) is 0.345. The second-order valence-electron chi connectivity index (χ2n) is 3.26. The molecule has 0 fully saturated rings. The predicted octanol–water partition coefficient (Wildman–Crippen LogP) is 2.64. The fourth-order valence-corrected chi connectivity index (χ4v) is 1.38. The lowest BCUT2D eigenvalue weighted by Crippen LogP contribution is -2.03. The Bertz CT molecular complexity index is 568. The van der Waals surface area contributed by atoms with Crippen LogP contribution in [0.3, 0.4) is 0 Å². The highest BCUT2D eigenvalue weighted by Gasteiger charge is 2.16. The molecule has 0 saturated heterocycles. The molecule has 1 N–H and O–H groups in total. The summed E-state index contributed by atoms with van der Waals surface area (Å²) in [5.74, 6) is -1.77. The number of alkyl halides is 2. The maximum atomic E-state index is 12.2. The van der Waals surface area contributed by atoms with E-state index in [0.29, 0.717) is 0 Å². The molecule has 5 nitrogen and oxygen atoms in total. The van der Waals surface area contributed by atoms with E-state index in [4.69, 9.17) is 5.11 Å². The smallest absolute Gasteiger partial charge is 0.387 e. The average Bonchev–Trinajstić information content (AvgIpc) is 2.78. The first-order valence-corrected chi connectivity index (χ1v) is 4.82. The summed E-state index contributed by atoms with van der Waals surface area (Å²) >= 11 is 0. The Morgan fingerprint density at radius 1 is 1.39 bits per heavy atom. The topological polar surface area (TPSA) is 72.6 Å². The molecule has 0 atom stereocenters. The zero-order chi connectivity index (χ0) is 13.1. The first-order chi connectivity index (χ1) is 8.58. The van der Waals surface area contributed by atoms with Gasteiger partial charge in [0.1, 0.15) is 11.4 Å². The van der Waals surface area contributed by atoms with Crippen molar-refractivity contribution in [1.29, 1.82) is 0 Å². The van der Waals surface area contributed by atoms with Crippen LogP contribution in [0.25, 0.3) is 11.3 Å². The number of hydrogen-bond donors (Lipinski definition) is 1. The van der Waals surface area contributed by atoms with Gasteiger partial charge in [0.2, 0.25) is 5.76 Å². The maximum Gasteiger partial charge on any atom is 0.387 e. The Morgan fingerprint density at radius 3 is 2.72 bits per heavy atom. The van der Waals surface area contributed by atoms with Crippen LogP contribution in [0.15, 0.2) is 34.9 Å². The zero-order valence-electron chi connectivity index (χ0n) is 8.84. The van der Waals surface area contributed by atoms with E-state index < -0.39 is 12.6 Å². The van der Waals surface area contributed by atoms with Gasteiger partial charge in [0.25, 0.3) is 0 Å². The summed E-state index contributed by atoms with van der Waals surface area (Å²) in [6.45, 7) is -2.98. The second-order valence-corrected chi connectivity index (χ2v) is 3.26. The number of hydrogen-bond acceptors (Lipinski definition) is 4. The summed E-state index contributed by atoms with van der Waals surface area (Å²) in [7, 11) is 0. The van der Waals surface area contributed by atoms with Crippen molar-refractivity contribution in [2.75, 3.05) is 0 Å². The van der Waals surface area contributed by atoms with Gasteiger partial charge in [-0.1, -0.05) is 17.3 Å². The standard InChI is InChI=1S/C11H7F2NO4/c12-11(13)17-8-4-2-1-3-6(8)7-5-9(10(15)16)18-14-7/h1-5,11H,(H,15,16). The number of carboxylic acids is 1. The molecule has 0 spiro atoms. The number of halogens is 2. The monoisotopic (exact) mass is 255 g/mol. The zero-order valence-corrected chi connectivity index (χ0v) is 8.84. The van der Waals surface area contributed by atoms with Gasteiger partial charge in [0, 0.05) is 11.6 Å². The predicted molar refractivity (Wildman–Crippen MR) is 55.5 cm³/mol. The molecule has 1 aromatic heterocycles. The molecule has 0 aliphatic rings. The van der Waals surface area contributed by atoms with E-state index in [1.54, 1.807) is 6.07 Å². The molecule has 0 amide bonds. The van der Waals surface area contributed by atoms with Crippen LogP contribution in [-0.2, 0) is 0 Å². The lowest BCUT2D eigenvalue weighted by atomic mass is 10.1. The minimum atomic E-state index is -2.98. The molecule has 0 bridgehead atoms. The van der Waals surface area contributed by atoms with Crippen LogP contribution < -0.4 is 4.74 Å². The molecule has 94 valence electrons. The van der Waals surface area contributed by atoms with Crippen LogP contribution >= 0.6 is 0 Å². The minimum Gasteiger partial charge on any atom is -0.475 e. The summed E-state index contributed by atoms with van der Waals surface area (Å²) in [4.78, 5) is 10.6. The van der Waals surface area contributed by atoms with Crippen LogP contribution in [0.2, 0.25) is 0 Å². The van der Waals surface area contributed by atoms with Crippen molar-refractivity contribution in [3.8, 4) is 17.0 Å². The van der Waals surface area contributed by atoms with E-state index in [1.807, 2.05) is 0 Å². The van der Waals surface area contributed by atoms with E-state index in [0.717, 1.165) is 6.07 Å². The number of nitrogens with zero attached hydrogens (tertiary/aromatic N) is 1. The number of para-hydroxylation sites is 1. The number of aromatic nitrogens is 1. The Morgan fingerprint density at radius 2 is 2.11 bits per heavy atom. The van der Waals surface area contributed by atoms with Crippen molar-refractivity contribution < 1.29 is 27.9 Å². The number of aromatic carboxylic acids is 1. The fourth-order valence-electron chi connectivity index (χ4n) is 1.38. The highest BCUT2D eigenvalue weighted by Crippen LogP contribution is 2.30. The normalized spacial score (nSPS) is 10.6. The van der Waals surface area contributed by atoms with E-state index in [-0.39, 0.29) is 22.8 Å². The van der Waals surface area contributed by atoms with E-state index in [1.165, 1.54) is 18.2 Å². The SMILES string of the molecule is O=C(O)c1cc(-c2ccccc2OC(F)F)no1. The lowest BCUT2D eigenvalue weighted by Gasteiger charge is -2.07. The van der Waals surface area contributed by atoms with E-state index >= 15 is 0 Å². The van der Waals surface area contributed by atoms with Crippen molar-refractivity contribution in [1.82, 2.24) is 5.16 Å². The van der Waals surface area contributed by atoms with Crippen LogP contribution in [0, 0.1) is 0 Å². The molecule has 0 unspecified atom stereocenters. The summed E-state index contributed by atoms with van der Waals surface area (Å²) in [6, 6.07) is 7.04. The number of carbonyl (C=O) groups is 1. The van der Waals surface area contributed by atoms with Crippen LogP contribution in [-0.4, -0.2) is 22.8 Å². The van der Waals surface area contributed by atoms with Gasteiger partial charge in [-0.15, -0.1) is 0 Å². The Labute approximate surface area is 99.6 Å². The third kappa shape index (κ3) is 2.45. The molecular formula is C11H7F2NO4. The third-order valence-corrected chi connectivity index (χ3v) is 2.10. The summed E-state index contributed by atoms with van der Waals surface area (Å²) < 4.78 is 33.2. The lowest BCUT2D eigenvalue weighted by molar-refractivity contribution is -0.0494. The van der Waals surface area contributed by atoms with Gasteiger partial charge in [-0.25, -0.2) is 4.79 Å². The van der Waals surface area contributed by atoms with Gasteiger partial charge in [-0.2, -0.15) is 8.78 Å². The number of rotatable bonds is 4. The third-order valence-electron chi connectivity index (χ3n) is 2.10. The van der Waals surface area contributed by atoms with Crippen molar-refractivity contribution in [2.45, 2.75) is 6.61 Å². The summed E-state index contributed by atoms with van der Waals surface area (Å²) in [6.07, 6.45) is 0. The number of benzene rings is 1. The van der Waals surface area contributed by atoms with Gasteiger partial charge in [0.15, 0.2) is 0 Å². The minimum absolute atomic E-state index is 0.0993. The maximum absolute atomic E-state index is 12.2. The van der Waals surface area contributed by atoms with Crippen molar-refractivity contribution in [3.63, 3.8) is 0 Å². The Kier molecular flexibility index (Phi) is 3.22. The van der Waals surface area contributed by atoms with E-state index in [2.05, 4.69) is 14.4 Å². The van der Waals surface area contributed by atoms with Crippen LogP contribution in [0.4, 0.5) is 8.78 Å². The first-order valence-electron chi connectivity index (χ1n) is 4.82. The Hall–Kier alpha value is -2.44. The summed E-state index contributed by atoms with van der Waals surface area (Å²) in [5, 5.41) is 12.2. The molecule has 2 aromatic rings. The van der Waals surface area contributed by atoms with Crippen LogP contribution in [0.5, 0.6) is 5.75 Å². The number of carboxylic acid groups (broad SMARTS) is 1. The van der Waals surface area contributed by atoms with Gasteiger partial charge < -0.3 is 14.4 Å². The molecule has 7 heteroatoms. The molecular weight excluding hydrogens is 248 g/mol. The number of ether oxygens (including phenoxy) is 1. The molecule has 0 radical (unpaired) electrons. The molecule has 1 heterocycles. The molecule has 0 aliphatic carbocycles. The molecule has 18 heavy (non-hydrogen) atoms. The second kappa shape index (κ2) is 4.82. The molecule has 1 aromatic carbocycles.